The van der Waals surface area contributed by atoms with E-state index in [2.05, 4.69) is 15.6 Å². The predicted molar refractivity (Wildman–Crippen MR) is 120 cm³/mol. The van der Waals surface area contributed by atoms with E-state index >= 15 is 0 Å². The number of hydrogen-bond donors (Lipinski definition) is 1. The zero-order chi connectivity index (χ0) is 21.2. The Hall–Kier alpha value is -4.19. The highest BCUT2D eigenvalue weighted by molar-refractivity contribution is 6.04. The number of hydrogen-bond acceptors (Lipinski definition) is 4. The van der Waals surface area contributed by atoms with Gasteiger partial charge >= 0.3 is 0 Å². The van der Waals surface area contributed by atoms with Crippen LogP contribution in [0.4, 0.5) is 0 Å². The molecule has 0 aliphatic carbocycles. The Morgan fingerprint density at radius 1 is 0.935 bits per heavy atom. The van der Waals surface area contributed by atoms with Gasteiger partial charge in [0, 0.05) is 17.5 Å². The Bertz CT molecular complexity index is 1380. The van der Waals surface area contributed by atoms with Crippen molar-refractivity contribution >= 4 is 27.8 Å². The first kappa shape index (κ1) is 18.8. The number of carbonyl (C=O) groups is 1. The molecule has 0 atom stereocenters. The van der Waals surface area contributed by atoms with Crippen LogP contribution < -0.4 is 10.5 Å². The normalized spacial score (nSPS) is 11.1. The molecule has 0 aliphatic rings. The molecule has 2 N–H and O–H groups in total. The SMILES string of the molecule is NC(=O)c1ccc(CCn2cnc3c(Oc4ccccc4)nc4ccccc4c32)cc1. The number of pyridine rings is 1. The van der Waals surface area contributed by atoms with Crippen molar-refractivity contribution in [2.75, 3.05) is 0 Å². The number of rotatable bonds is 6. The van der Waals surface area contributed by atoms with Gasteiger partial charge in [0.15, 0.2) is 5.52 Å². The summed E-state index contributed by atoms with van der Waals surface area (Å²) >= 11 is 0. The fourth-order valence-corrected chi connectivity index (χ4v) is 3.68. The maximum absolute atomic E-state index is 11.3. The van der Waals surface area contributed by atoms with Crippen LogP contribution in [0.2, 0.25) is 0 Å². The molecule has 0 aliphatic heterocycles. The number of aryl methyl sites for hydroxylation is 2. The number of aromatic nitrogens is 3. The fourth-order valence-electron chi connectivity index (χ4n) is 3.68. The number of amides is 1. The van der Waals surface area contributed by atoms with E-state index in [0.717, 1.165) is 46.2 Å². The highest BCUT2D eigenvalue weighted by Crippen LogP contribution is 2.32. The number of ether oxygens (including phenoxy) is 1. The van der Waals surface area contributed by atoms with Gasteiger partial charge in [0.05, 0.1) is 17.4 Å². The van der Waals surface area contributed by atoms with Gasteiger partial charge in [-0.25, -0.2) is 9.97 Å². The first-order chi connectivity index (χ1) is 15.2. The van der Waals surface area contributed by atoms with E-state index in [4.69, 9.17) is 15.5 Å². The van der Waals surface area contributed by atoms with E-state index in [1.54, 1.807) is 12.1 Å². The molecular weight excluding hydrogens is 388 g/mol. The number of nitrogens with zero attached hydrogens (tertiary/aromatic N) is 3. The molecule has 0 saturated heterocycles. The highest BCUT2D eigenvalue weighted by Gasteiger charge is 2.15. The quantitative estimate of drug-likeness (QED) is 0.441. The number of fused-ring (bicyclic) bond motifs is 3. The topological polar surface area (TPSA) is 83.0 Å². The third-order valence-electron chi connectivity index (χ3n) is 5.26. The largest absolute Gasteiger partial charge is 0.437 e. The van der Waals surface area contributed by atoms with Gasteiger partial charge in [-0.3, -0.25) is 4.79 Å². The highest BCUT2D eigenvalue weighted by atomic mass is 16.5. The Morgan fingerprint density at radius 2 is 1.68 bits per heavy atom. The maximum Gasteiger partial charge on any atom is 0.248 e. The second kappa shape index (κ2) is 7.91. The standard InChI is InChI=1S/C25H20N4O2/c26-24(30)18-12-10-17(11-13-18)14-15-29-16-27-22-23(29)20-8-4-5-9-21(20)28-25(22)31-19-6-2-1-3-7-19/h1-13,16H,14-15H2,(H2,26,30). The van der Waals surface area contributed by atoms with Crippen LogP contribution in [0.15, 0.2) is 85.2 Å². The van der Waals surface area contributed by atoms with Gasteiger partial charge in [-0.2, -0.15) is 0 Å². The van der Waals surface area contributed by atoms with Crippen molar-refractivity contribution in [2.24, 2.45) is 5.73 Å². The zero-order valence-electron chi connectivity index (χ0n) is 16.7. The molecule has 6 heteroatoms. The van der Waals surface area contributed by atoms with Crippen molar-refractivity contribution in [3.63, 3.8) is 0 Å². The van der Waals surface area contributed by atoms with Crippen molar-refractivity contribution in [1.29, 1.82) is 0 Å². The van der Waals surface area contributed by atoms with Gasteiger partial charge in [0.1, 0.15) is 5.75 Å². The minimum Gasteiger partial charge on any atom is -0.437 e. The van der Waals surface area contributed by atoms with E-state index in [1.807, 2.05) is 67.0 Å². The van der Waals surface area contributed by atoms with E-state index in [-0.39, 0.29) is 0 Å². The molecule has 0 unspecified atom stereocenters. The molecule has 5 aromatic rings. The Morgan fingerprint density at radius 3 is 2.45 bits per heavy atom. The van der Waals surface area contributed by atoms with Crippen LogP contribution in [0.25, 0.3) is 21.9 Å². The second-order valence-corrected chi connectivity index (χ2v) is 7.30. The van der Waals surface area contributed by atoms with Crippen LogP contribution >= 0.6 is 0 Å². The van der Waals surface area contributed by atoms with Gasteiger partial charge in [0.25, 0.3) is 0 Å². The molecule has 0 bridgehead atoms. The minimum atomic E-state index is -0.419. The first-order valence-electron chi connectivity index (χ1n) is 10.0. The van der Waals surface area contributed by atoms with Crippen LogP contribution in [-0.4, -0.2) is 20.4 Å². The molecule has 0 saturated carbocycles. The summed E-state index contributed by atoms with van der Waals surface area (Å²) < 4.78 is 8.20. The van der Waals surface area contributed by atoms with Crippen molar-refractivity contribution < 1.29 is 9.53 Å². The smallest absolute Gasteiger partial charge is 0.248 e. The van der Waals surface area contributed by atoms with Gasteiger partial charge in [-0.1, -0.05) is 48.5 Å². The summed E-state index contributed by atoms with van der Waals surface area (Å²) in [4.78, 5) is 20.6. The van der Waals surface area contributed by atoms with Gasteiger partial charge in [-0.05, 0) is 42.3 Å². The molecule has 5 rings (SSSR count). The fraction of sp³-hybridized carbons (Fsp3) is 0.0800. The Balaban J connectivity index is 1.52. The lowest BCUT2D eigenvalue weighted by atomic mass is 10.1. The Labute approximate surface area is 178 Å². The van der Waals surface area contributed by atoms with Gasteiger partial charge < -0.3 is 15.0 Å². The van der Waals surface area contributed by atoms with Crippen molar-refractivity contribution in [3.8, 4) is 11.6 Å². The molecular formula is C25H20N4O2. The van der Waals surface area contributed by atoms with E-state index < -0.39 is 5.91 Å². The molecule has 0 radical (unpaired) electrons. The summed E-state index contributed by atoms with van der Waals surface area (Å²) in [6, 6.07) is 25.0. The molecule has 2 heterocycles. The summed E-state index contributed by atoms with van der Waals surface area (Å²) in [6.07, 6.45) is 2.62. The van der Waals surface area contributed by atoms with Crippen LogP contribution in [0, 0.1) is 0 Å². The average molecular weight is 408 g/mol. The number of benzene rings is 3. The lowest BCUT2D eigenvalue weighted by Crippen LogP contribution is -2.10. The molecule has 1 amide bonds. The predicted octanol–water partition coefficient (Wildman–Crippen LogP) is 4.72. The van der Waals surface area contributed by atoms with Crippen molar-refractivity contribution in [1.82, 2.24) is 14.5 Å². The number of primary amides is 1. The minimum absolute atomic E-state index is 0.419. The van der Waals surface area contributed by atoms with Gasteiger partial charge in [-0.15, -0.1) is 0 Å². The first-order valence-corrected chi connectivity index (χ1v) is 10.0. The number of carbonyl (C=O) groups excluding carboxylic acids is 1. The summed E-state index contributed by atoms with van der Waals surface area (Å²) in [5.74, 6) is 0.789. The zero-order valence-corrected chi connectivity index (χ0v) is 16.7. The molecule has 0 spiro atoms. The van der Waals surface area contributed by atoms with E-state index in [0.29, 0.717) is 11.4 Å². The van der Waals surface area contributed by atoms with Crippen LogP contribution in [0.1, 0.15) is 15.9 Å². The van der Waals surface area contributed by atoms with E-state index in [1.165, 1.54) is 0 Å². The Kier molecular flexibility index (Phi) is 4.80. The molecule has 6 nitrogen and oxygen atoms in total. The molecule has 3 aromatic carbocycles. The number of imidazole rings is 1. The van der Waals surface area contributed by atoms with Crippen LogP contribution in [-0.2, 0) is 13.0 Å². The lowest BCUT2D eigenvalue weighted by molar-refractivity contribution is 0.100. The lowest BCUT2D eigenvalue weighted by Gasteiger charge is -2.10. The average Bonchev–Trinajstić information content (AvgIpc) is 3.23. The summed E-state index contributed by atoms with van der Waals surface area (Å²) in [6.45, 7) is 0.727. The number of nitrogens with two attached hydrogens (primary N) is 1. The van der Waals surface area contributed by atoms with Crippen molar-refractivity contribution in [2.45, 2.75) is 13.0 Å². The maximum atomic E-state index is 11.3. The molecule has 31 heavy (non-hydrogen) atoms. The van der Waals surface area contributed by atoms with Crippen LogP contribution in [0.3, 0.4) is 0 Å². The molecule has 152 valence electrons. The van der Waals surface area contributed by atoms with Crippen molar-refractivity contribution in [3.05, 3.63) is 96.3 Å². The summed E-state index contributed by atoms with van der Waals surface area (Å²) in [5.41, 5.74) is 9.53. The monoisotopic (exact) mass is 408 g/mol. The molecule has 0 fully saturated rings. The third kappa shape index (κ3) is 3.71. The third-order valence-corrected chi connectivity index (χ3v) is 5.26. The van der Waals surface area contributed by atoms with E-state index in [9.17, 15) is 4.79 Å². The van der Waals surface area contributed by atoms with Crippen LogP contribution in [0.5, 0.6) is 11.6 Å². The van der Waals surface area contributed by atoms with Gasteiger partial charge in [0.2, 0.25) is 11.8 Å². The summed E-state index contributed by atoms with van der Waals surface area (Å²) in [5, 5.41) is 1.03. The summed E-state index contributed by atoms with van der Waals surface area (Å²) in [7, 11) is 0. The second-order valence-electron chi connectivity index (χ2n) is 7.30. The molecule has 2 aromatic heterocycles. The number of para-hydroxylation sites is 2.